The number of nitrogens with zero attached hydrogens (tertiary/aromatic N) is 2. The molecule has 0 bridgehead atoms. The molecule has 139 valence electrons. The minimum atomic E-state index is -0.346. The molecule has 1 heterocycles. The topological polar surface area (TPSA) is 63.2 Å². The van der Waals surface area contributed by atoms with Gasteiger partial charge in [0.1, 0.15) is 11.5 Å². The number of hydrogen-bond acceptors (Lipinski definition) is 5. The maximum atomic E-state index is 11.5. The SMILES string of the molecule is C=CC(=O)NN1[C]=Nc2ccc(-c3c(Cl)c(OC)cc(OC)c3Cl)cc2C1. The van der Waals surface area contributed by atoms with Crippen LogP contribution >= 0.6 is 23.2 Å². The molecule has 0 spiro atoms. The predicted octanol–water partition coefficient (Wildman–Crippen LogP) is 4.25. The van der Waals surface area contributed by atoms with Crippen LogP contribution in [0.25, 0.3) is 11.1 Å². The number of aliphatic imine (C=N–C) groups is 1. The Kier molecular flexibility index (Phi) is 5.58. The minimum Gasteiger partial charge on any atom is -0.495 e. The lowest BCUT2D eigenvalue weighted by Crippen LogP contribution is -2.40. The van der Waals surface area contributed by atoms with E-state index in [4.69, 9.17) is 32.7 Å². The first-order valence-corrected chi connectivity index (χ1v) is 8.64. The molecule has 2 aromatic carbocycles. The molecular formula is C19H16Cl2N3O3. The van der Waals surface area contributed by atoms with E-state index in [0.717, 1.165) is 16.8 Å². The second-order valence-corrected chi connectivity index (χ2v) is 6.36. The Morgan fingerprint density at radius 3 is 2.52 bits per heavy atom. The summed E-state index contributed by atoms with van der Waals surface area (Å²) in [7, 11) is 3.05. The van der Waals surface area contributed by atoms with Crippen molar-refractivity contribution in [1.29, 1.82) is 0 Å². The first-order valence-electron chi connectivity index (χ1n) is 7.88. The number of methoxy groups -OCH3 is 2. The lowest BCUT2D eigenvalue weighted by Gasteiger charge is -2.24. The second kappa shape index (κ2) is 7.90. The third-order valence-corrected chi connectivity index (χ3v) is 4.74. The molecule has 0 aliphatic carbocycles. The molecule has 27 heavy (non-hydrogen) atoms. The number of rotatable bonds is 5. The highest BCUT2D eigenvalue weighted by molar-refractivity contribution is 6.41. The molecule has 3 rings (SSSR count). The standard InChI is InChI=1S/C19H16Cl2N3O3/c1-4-16(25)23-24-9-12-7-11(5-6-13(12)22-10-24)17-18(20)14(26-2)8-15(27-3)19(17)21/h4-8H,1,9H2,2-3H3,(H,23,25). The van der Waals surface area contributed by atoms with Crippen LogP contribution in [0.15, 0.2) is 41.9 Å². The van der Waals surface area contributed by atoms with Crippen LogP contribution in [0.5, 0.6) is 11.5 Å². The Balaban J connectivity index is 2.04. The fourth-order valence-corrected chi connectivity index (χ4v) is 3.40. The highest BCUT2D eigenvalue weighted by atomic mass is 35.5. The van der Waals surface area contributed by atoms with Crippen molar-refractivity contribution in [3.63, 3.8) is 0 Å². The van der Waals surface area contributed by atoms with E-state index in [1.165, 1.54) is 25.3 Å². The molecule has 1 amide bonds. The van der Waals surface area contributed by atoms with Gasteiger partial charge in [-0.2, -0.15) is 0 Å². The molecule has 8 heteroatoms. The van der Waals surface area contributed by atoms with Gasteiger partial charge in [0.15, 0.2) is 6.34 Å². The number of hydrogen-bond donors (Lipinski definition) is 1. The van der Waals surface area contributed by atoms with Crippen LogP contribution in [0.2, 0.25) is 10.0 Å². The van der Waals surface area contributed by atoms with Crippen molar-refractivity contribution in [2.75, 3.05) is 14.2 Å². The molecule has 1 radical (unpaired) electrons. The van der Waals surface area contributed by atoms with Crippen LogP contribution in [0.1, 0.15) is 5.56 Å². The van der Waals surface area contributed by atoms with Gasteiger partial charge in [-0.15, -0.1) is 0 Å². The van der Waals surface area contributed by atoms with E-state index in [-0.39, 0.29) is 5.91 Å². The summed E-state index contributed by atoms with van der Waals surface area (Å²) in [4.78, 5) is 15.7. The summed E-state index contributed by atoms with van der Waals surface area (Å²) in [5.41, 5.74) is 5.58. The first kappa shape index (κ1) is 19.1. The van der Waals surface area contributed by atoms with Crippen molar-refractivity contribution in [1.82, 2.24) is 10.4 Å². The monoisotopic (exact) mass is 404 g/mol. The summed E-state index contributed by atoms with van der Waals surface area (Å²) in [6.45, 7) is 3.80. The highest BCUT2D eigenvalue weighted by Crippen LogP contribution is 2.46. The van der Waals surface area contributed by atoms with Gasteiger partial charge in [0.05, 0.1) is 36.5 Å². The quantitative estimate of drug-likeness (QED) is 0.756. The lowest BCUT2D eigenvalue weighted by atomic mass is 10.0. The van der Waals surface area contributed by atoms with Crippen molar-refractivity contribution < 1.29 is 14.3 Å². The van der Waals surface area contributed by atoms with Gasteiger partial charge in [-0.25, -0.2) is 4.99 Å². The van der Waals surface area contributed by atoms with E-state index < -0.39 is 0 Å². The maximum absolute atomic E-state index is 11.5. The van der Waals surface area contributed by atoms with Crippen molar-refractivity contribution in [3.05, 3.63) is 52.5 Å². The molecule has 2 aromatic rings. The number of carbonyl (C=O) groups is 1. The smallest absolute Gasteiger partial charge is 0.261 e. The third-order valence-electron chi connectivity index (χ3n) is 3.99. The van der Waals surface area contributed by atoms with Gasteiger partial charge in [0.2, 0.25) is 0 Å². The fraction of sp³-hybridized carbons (Fsp3) is 0.158. The number of benzene rings is 2. The summed E-state index contributed by atoms with van der Waals surface area (Å²) in [5.74, 6) is 0.564. The van der Waals surface area contributed by atoms with Crippen LogP contribution in [0, 0.1) is 0 Å². The molecule has 0 fully saturated rings. The van der Waals surface area contributed by atoms with Crippen LogP contribution < -0.4 is 14.9 Å². The number of hydrazine groups is 1. The van der Waals surface area contributed by atoms with E-state index >= 15 is 0 Å². The average molecular weight is 405 g/mol. The Morgan fingerprint density at radius 1 is 1.26 bits per heavy atom. The van der Waals surface area contributed by atoms with E-state index in [1.807, 2.05) is 18.2 Å². The predicted molar refractivity (Wildman–Crippen MR) is 106 cm³/mol. The Bertz CT molecular complexity index is 916. The molecule has 0 atom stereocenters. The molecule has 1 aliphatic rings. The van der Waals surface area contributed by atoms with Crippen molar-refractivity contribution in [2.24, 2.45) is 4.99 Å². The molecule has 6 nitrogen and oxygen atoms in total. The van der Waals surface area contributed by atoms with Crippen molar-refractivity contribution in [2.45, 2.75) is 6.54 Å². The van der Waals surface area contributed by atoms with E-state index in [9.17, 15) is 4.79 Å². The largest absolute Gasteiger partial charge is 0.495 e. The second-order valence-electron chi connectivity index (χ2n) is 5.61. The summed E-state index contributed by atoms with van der Waals surface area (Å²) >= 11 is 13.0. The van der Waals surface area contributed by atoms with Gasteiger partial charge in [-0.05, 0) is 29.3 Å². The molecular weight excluding hydrogens is 389 g/mol. The van der Waals surface area contributed by atoms with E-state index in [1.54, 1.807) is 6.07 Å². The Hall–Kier alpha value is -2.70. The van der Waals surface area contributed by atoms with Gasteiger partial charge in [0, 0.05) is 11.6 Å². The normalized spacial score (nSPS) is 12.4. The number of nitrogens with one attached hydrogen (secondary N) is 1. The molecule has 1 N–H and O–H groups in total. The molecule has 0 saturated carbocycles. The zero-order valence-electron chi connectivity index (χ0n) is 14.7. The number of carbonyl (C=O) groups excluding carboxylic acids is 1. The van der Waals surface area contributed by atoms with Crippen LogP contribution in [0.3, 0.4) is 0 Å². The molecule has 0 saturated heterocycles. The lowest BCUT2D eigenvalue weighted by molar-refractivity contribution is -0.119. The minimum absolute atomic E-state index is 0.346. The molecule has 1 aliphatic heterocycles. The Morgan fingerprint density at radius 2 is 1.93 bits per heavy atom. The van der Waals surface area contributed by atoms with Crippen LogP contribution in [0.4, 0.5) is 5.69 Å². The summed E-state index contributed by atoms with van der Waals surface area (Å²) < 4.78 is 10.7. The summed E-state index contributed by atoms with van der Waals surface area (Å²) in [5, 5.41) is 2.21. The highest BCUT2D eigenvalue weighted by Gasteiger charge is 2.21. The fourth-order valence-electron chi connectivity index (χ4n) is 2.68. The van der Waals surface area contributed by atoms with Gasteiger partial charge >= 0.3 is 0 Å². The summed E-state index contributed by atoms with van der Waals surface area (Å²) in [6.07, 6.45) is 3.92. The van der Waals surface area contributed by atoms with Gasteiger partial charge < -0.3 is 9.47 Å². The van der Waals surface area contributed by atoms with Gasteiger partial charge in [-0.1, -0.05) is 35.8 Å². The number of fused-ring (bicyclic) bond motifs is 1. The molecule has 0 unspecified atom stereocenters. The van der Waals surface area contributed by atoms with E-state index in [2.05, 4.69) is 23.3 Å². The Labute approximate surface area is 167 Å². The zero-order chi connectivity index (χ0) is 19.6. The number of amides is 1. The van der Waals surface area contributed by atoms with Gasteiger partial charge in [-0.3, -0.25) is 15.2 Å². The molecule has 0 aromatic heterocycles. The average Bonchev–Trinajstić information content (AvgIpc) is 2.68. The first-order chi connectivity index (χ1) is 13.0. The van der Waals surface area contributed by atoms with Crippen molar-refractivity contribution >= 4 is 41.1 Å². The van der Waals surface area contributed by atoms with Crippen molar-refractivity contribution in [3.8, 4) is 22.6 Å². The van der Waals surface area contributed by atoms with Crippen LogP contribution in [-0.2, 0) is 11.3 Å². The zero-order valence-corrected chi connectivity index (χ0v) is 16.2. The number of halogens is 2. The maximum Gasteiger partial charge on any atom is 0.261 e. The van der Waals surface area contributed by atoms with Gasteiger partial charge in [0.25, 0.3) is 5.91 Å². The summed E-state index contributed by atoms with van der Waals surface area (Å²) in [6, 6.07) is 7.23. The van der Waals surface area contributed by atoms with Crippen LogP contribution in [-0.4, -0.2) is 31.5 Å². The number of ether oxygens (including phenoxy) is 2. The van der Waals surface area contributed by atoms with E-state index in [0.29, 0.717) is 33.7 Å². The third kappa shape index (κ3) is 3.72.